The van der Waals surface area contributed by atoms with Crippen molar-refractivity contribution in [3.05, 3.63) is 42.2 Å². The highest BCUT2D eigenvalue weighted by molar-refractivity contribution is 5.78. The monoisotopic (exact) mass is 425 g/mol. The van der Waals surface area contributed by atoms with Crippen LogP contribution in [-0.4, -0.2) is 66.7 Å². The van der Waals surface area contributed by atoms with Crippen LogP contribution in [0.1, 0.15) is 31.9 Å². The van der Waals surface area contributed by atoms with Gasteiger partial charge in [-0.1, -0.05) is 19.9 Å². The number of carbonyl (C=O) groups is 1. The van der Waals surface area contributed by atoms with Gasteiger partial charge in [0.1, 0.15) is 0 Å². The van der Waals surface area contributed by atoms with Crippen molar-refractivity contribution in [2.45, 2.75) is 26.3 Å². The molecule has 8 nitrogen and oxygen atoms in total. The minimum atomic E-state index is 0.0557. The number of hydrogen-bond donors (Lipinski definition) is 1. The van der Waals surface area contributed by atoms with Crippen molar-refractivity contribution >= 4 is 11.9 Å². The summed E-state index contributed by atoms with van der Waals surface area (Å²) < 4.78 is 11.6. The lowest BCUT2D eigenvalue weighted by Gasteiger charge is -2.35. The average molecular weight is 426 g/mol. The molecule has 1 amide bonds. The number of piperazine rings is 1. The maximum atomic E-state index is 12.8. The van der Waals surface area contributed by atoms with Gasteiger partial charge in [-0.05, 0) is 29.7 Å². The second kappa shape index (κ2) is 9.96. The molecule has 1 N–H and O–H groups in total. The van der Waals surface area contributed by atoms with Gasteiger partial charge < -0.3 is 24.6 Å². The second-order valence-electron chi connectivity index (χ2n) is 8.28. The van der Waals surface area contributed by atoms with Crippen LogP contribution in [0.3, 0.4) is 0 Å². The molecule has 0 spiro atoms. The van der Waals surface area contributed by atoms with E-state index in [9.17, 15) is 4.79 Å². The normalized spacial score (nSPS) is 17.4. The van der Waals surface area contributed by atoms with E-state index >= 15 is 0 Å². The molecule has 0 aliphatic carbocycles. The SMILES string of the molecule is CC(C)[C@@H](NCC(=O)N1CCN(c2ncccn2)CC1)c1ccc2c(c1)OCCCO2. The Bertz CT molecular complexity index is 869. The minimum absolute atomic E-state index is 0.0557. The van der Waals surface area contributed by atoms with E-state index in [-0.39, 0.29) is 11.9 Å². The van der Waals surface area contributed by atoms with E-state index in [1.54, 1.807) is 12.4 Å². The van der Waals surface area contributed by atoms with Crippen molar-refractivity contribution in [1.82, 2.24) is 20.2 Å². The Morgan fingerprint density at radius 2 is 1.77 bits per heavy atom. The van der Waals surface area contributed by atoms with Crippen molar-refractivity contribution in [2.24, 2.45) is 5.92 Å². The Kier molecular flexibility index (Phi) is 6.86. The number of carbonyl (C=O) groups excluding carboxylic acids is 1. The zero-order chi connectivity index (χ0) is 21.6. The first kappa shape index (κ1) is 21.4. The minimum Gasteiger partial charge on any atom is -0.490 e. The smallest absolute Gasteiger partial charge is 0.236 e. The van der Waals surface area contributed by atoms with E-state index in [1.807, 2.05) is 23.1 Å². The van der Waals surface area contributed by atoms with Gasteiger partial charge in [-0.2, -0.15) is 0 Å². The van der Waals surface area contributed by atoms with E-state index in [2.05, 4.69) is 40.1 Å². The molecule has 1 aromatic carbocycles. The third-order valence-electron chi connectivity index (χ3n) is 5.74. The predicted molar refractivity (Wildman–Crippen MR) is 118 cm³/mol. The molecule has 1 atom stereocenters. The molecular formula is C23H31N5O3. The molecule has 2 aliphatic rings. The summed E-state index contributed by atoms with van der Waals surface area (Å²) in [5, 5.41) is 3.47. The highest BCUT2D eigenvalue weighted by Gasteiger charge is 2.24. The quantitative estimate of drug-likeness (QED) is 0.761. The fraction of sp³-hybridized carbons (Fsp3) is 0.522. The molecule has 8 heteroatoms. The molecule has 1 aromatic heterocycles. The molecule has 166 valence electrons. The summed E-state index contributed by atoms with van der Waals surface area (Å²) in [6.45, 7) is 8.79. The fourth-order valence-corrected chi connectivity index (χ4v) is 4.03. The standard InChI is InChI=1S/C23H31N5O3/c1-17(2)22(18-5-6-19-20(15-18)31-14-4-13-30-19)26-16-21(29)27-9-11-28(12-10-27)23-24-7-3-8-25-23/h3,5-8,15,17,22,26H,4,9-14,16H2,1-2H3/t22-/m1/s1. The van der Waals surface area contributed by atoms with Crippen molar-refractivity contribution in [2.75, 3.05) is 50.8 Å². The Hall–Kier alpha value is -2.87. The van der Waals surface area contributed by atoms with Gasteiger partial charge in [-0.15, -0.1) is 0 Å². The van der Waals surface area contributed by atoms with Gasteiger partial charge in [0.15, 0.2) is 11.5 Å². The van der Waals surface area contributed by atoms with Crippen LogP contribution in [0.4, 0.5) is 5.95 Å². The van der Waals surface area contributed by atoms with Gasteiger partial charge in [-0.3, -0.25) is 4.79 Å². The first-order valence-electron chi connectivity index (χ1n) is 11.0. The van der Waals surface area contributed by atoms with Crippen molar-refractivity contribution in [3.8, 4) is 11.5 Å². The number of nitrogens with one attached hydrogen (secondary N) is 1. The van der Waals surface area contributed by atoms with Crippen molar-refractivity contribution < 1.29 is 14.3 Å². The summed E-state index contributed by atoms with van der Waals surface area (Å²) in [5.74, 6) is 2.74. The third kappa shape index (κ3) is 5.25. The van der Waals surface area contributed by atoms with Gasteiger partial charge in [-0.25, -0.2) is 9.97 Å². The maximum absolute atomic E-state index is 12.8. The Labute approximate surface area is 183 Å². The summed E-state index contributed by atoms with van der Waals surface area (Å²) in [6, 6.07) is 7.94. The lowest BCUT2D eigenvalue weighted by atomic mass is 9.95. The third-order valence-corrected chi connectivity index (χ3v) is 5.74. The molecular weight excluding hydrogens is 394 g/mol. The molecule has 2 aliphatic heterocycles. The molecule has 0 unspecified atom stereocenters. The second-order valence-corrected chi connectivity index (χ2v) is 8.28. The molecule has 0 radical (unpaired) electrons. The molecule has 0 bridgehead atoms. The largest absolute Gasteiger partial charge is 0.490 e. The number of aromatic nitrogens is 2. The molecule has 31 heavy (non-hydrogen) atoms. The number of rotatable bonds is 6. The Balaban J connectivity index is 1.33. The summed E-state index contributed by atoms with van der Waals surface area (Å²) in [5.41, 5.74) is 1.11. The first-order valence-corrected chi connectivity index (χ1v) is 11.0. The molecule has 1 fully saturated rings. The summed E-state index contributed by atoms with van der Waals surface area (Å²) >= 11 is 0. The van der Waals surface area contributed by atoms with Gasteiger partial charge in [0, 0.05) is 51.0 Å². The zero-order valence-electron chi connectivity index (χ0n) is 18.3. The number of hydrogen-bond acceptors (Lipinski definition) is 7. The van der Waals surface area contributed by atoms with E-state index in [0.717, 1.165) is 42.5 Å². The lowest BCUT2D eigenvalue weighted by molar-refractivity contribution is -0.130. The average Bonchev–Trinajstić information content (AvgIpc) is 3.04. The summed E-state index contributed by atoms with van der Waals surface area (Å²) in [6.07, 6.45) is 4.37. The van der Waals surface area contributed by atoms with Crippen molar-refractivity contribution in [3.63, 3.8) is 0 Å². The lowest BCUT2D eigenvalue weighted by Crippen LogP contribution is -2.51. The van der Waals surface area contributed by atoms with E-state index in [0.29, 0.717) is 38.8 Å². The number of anilines is 1. The van der Waals surface area contributed by atoms with Crippen LogP contribution in [-0.2, 0) is 4.79 Å². The maximum Gasteiger partial charge on any atom is 0.236 e. The first-order chi connectivity index (χ1) is 15.1. The number of ether oxygens (including phenoxy) is 2. The molecule has 0 saturated carbocycles. The summed E-state index contributed by atoms with van der Waals surface area (Å²) in [7, 11) is 0. The van der Waals surface area contributed by atoms with Gasteiger partial charge in [0.25, 0.3) is 0 Å². The van der Waals surface area contributed by atoms with Gasteiger partial charge >= 0.3 is 0 Å². The van der Waals surface area contributed by atoms with Crippen LogP contribution in [0.2, 0.25) is 0 Å². The Morgan fingerprint density at radius 1 is 1.06 bits per heavy atom. The molecule has 1 saturated heterocycles. The number of amides is 1. The van der Waals surface area contributed by atoms with Crippen molar-refractivity contribution in [1.29, 1.82) is 0 Å². The van der Waals surface area contributed by atoms with Gasteiger partial charge in [0.05, 0.1) is 19.8 Å². The topological polar surface area (TPSA) is 79.8 Å². The number of fused-ring (bicyclic) bond motifs is 1. The van der Waals surface area contributed by atoms with Crippen LogP contribution >= 0.6 is 0 Å². The highest BCUT2D eigenvalue weighted by atomic mass is 16.5. The number of nitrogens with zero attached hydrogens (tertiary/aromatic N) is 4. The predicted octanol–water partition coefficient (Wildman–Crippen LogP) is 2.27. The van der Waals surface area contributed by atoms with Crippen LogP contribution in [0.5, 0.6) is 11.5 Å². The van der Waals surface area contributed by atoms with E-state index in [4.69, 9.17) is 9.47 Å². The summed E-state index contributed by atoms with van der Waals surface area (Å²) in [4.78, 5) is 25.5. The van der Waals surface area contributed by atoms with Gasteiger partial charge in [0.2, 0.25) is 11.9 Å². The van der Waals surface area contributed by atoms with Crippen LogP contribution in [0.25, 0.3) is 0 Å². The number of benzene rings is 1. The highest BCUT2D eigenvalue weighted by Crippen LogP contribution is 2.34. The van der Waals surface area contributed by atoms with E-state index < -0.39 is 0 Å². The van der Waals surface area contributed by atoms with E-state index in [1.165, 1.54) is 0 Å². The van der Waals surface area contributed by atoms with Crippen LogP contribution < -0.4 is 19.7 Å². The molecule has 3 heterocycles. The van der Waals surface area contributed by atoms with Crippen LogP contribution in [0.15, 0.2) is 36.7 Å². The van der Waals surface area contributed by atoms with Crippen LogP contribution in [0, 0.1) is 5.92 Å². The Morgan fingerprint density at radius 3 is 2.48 bits per heavy atom. The molecule has 2 aromatic rings. The fourth-order valence-electron chi connectivity index (χ4n) is 4.03. The zero-order valence-corrected chi connectivity index (χ0v) is 18.3. The molecule has 4 rings (SSSR count).